The zero-order chi connectivity index (χ0) is 26.2. The molecule has 0 bridgehead atoms. The number of nitrogens with zero attached hydrogens (tertiary/aromatic N) is 4. The minimum Gasteiger partial charge on any atom is -0.367 e. The van der Waals surface area contributed by atoms with E-state index >= 15 is 0 Å². The molecular formula is C29H36N6O2. The monoisotopic (exact) mass is 500 g/mol. The molecule has 1 aliphatic rings. The number of hydrogen-bond donors (Lipinski definition) is 2. The normalized spacial score (nSPS) is 13.9. The fraction of sp³-hybridized carbons (Fsp3) is 0.345. The first-order valence-corrected chi connectivity index (χ1v) is 12.8. The largest absolute Gasteiger partial charge is 0.367 e. The second kappa shape index (κ2) is 12.5. The molecule has 0 radical (unpaired) electrons. The Bertz CT molecular complexity index is 1210. The van der Waals surface area contributed by atoms with Crippen LogP contribution < -0.4 is 16.0 Å². The van der Waals surface area contributed by atoms with Crippen molar-refractivity contribution < 1.29 is 9.59 Å². The SMILES string of the molecule is CC(=O)Nc1cc(-c2cccc(CN(CCCN)C(=O)c3cccnc3)c2)ccc1N1CCN(C)CC1. The van der Waals surface area contributed by atoms with Crippen molar-refractivity contribution in [3.63, 3.8) is 0 Å². The molecule has 37 heavy (non-hydrogen) atoms. The first-order chi connectivity index (χ1) is 17.9. The molecule has 8 nitrogen and oxygen atoms in total. The van der Waals surface area contributed by atoms with E-state index in [-0.39, 0.29) is 11.8 Å². The van der Waals surface area contributed by atoms with Gasteiger partial charge in [-0.25, -0.2) is 0 Å². The van der Waals surface area contributed by atoms with Crippen LogP contribution in [0.2, 0.25) is 0 Å². The third-order valence-electron chi connectivity index (χ3n) is 6.61. The molecule has 0 saturated carbocycles. The Morgan fingerprint density at radius 3 is 2.51 bits per heavy atom. The van der Waals surface area contributed by atoms with Crippen LogP contribution in [0, 0.1) is 0 Å². The van der Waals surface area contributed by atoms with E-state index in [4.69, 9.17) is 5.73 Å². The second-order valence-corrected chi connectivity index (χ2v) is 9.51. The highest BCUT2D eigenvalue weighted by molar-refractivity contribution is 5.95. The Labute approximate surface area is 219 Å². The second-order valence-electron chi connectivity index (χ2n) is 9.51. The summed E-state index contributed by atoms with van der Waals surface area (Å²) < 4.78 is 0. The Kier molecular flexibility index (Phi) is 8.87. The molecule has 4 rings (SSSR count). The molecular weight excluding hydrogens is 464 g/mol. The minimum absolute atomic E-state index is 0.0589. The van der Waals surface area contributed by atoms with E-state index in [2.05, 4.69) is 51.4 Å². The molecule has 0 spiro atoms. The Hall–Kier alpha value is -3.75. The van der Waals surface area contributed by atoms with Gasteiger partial charge in [0, 0.05) is 58.6 Å². The number of hydrogen-bond acceptors (Lipinski definition) is 6. The predicted octanol–water partition coefficient (Wildman–Crippen LogP) is 3.45. The highest BCUT2D eigenvalue weighted by atomic mass is 16.2. The van der Waals surface area contributed by atoms with E-state index in [1.165, 1.54) is 6.92 Å². The Balaban J connectivity index is 1.59. The molecule has 0 unspecified atom stereocenters. The molecule has 3 N–H and O–H groups in total. The van der Waals surface area contributed by atoms with E-state index in [1.54, 1.807) is 24.5 Å². The number of aromatic nitrogens is 1. The third-order valence-corrected chi connectivity index (χ3v) is 6.61. The number of carbonyl (C=O) groups is 2. The molecule has 1 fully saturated rings. The van der Waals surface area contributed by atoms with Gasteiger partial charge in [-0.05, 0) is 67.0 Å². The van der Waals surface area contributed by atoms with Gasteiger partial charge in [0.05, 0.1) is 16.9 Å². The molecule has 2 amide bonds. The van der Waals surface area contributed by atoms with Gasteiger partial charge in [0.1, 0.15) is 0 Å². The van der Waals surface area contributed by atoms with Crippen molar-refractivity contribution in [3.8, 4) is 11.1 Å². The molecule has 0 atom stereocenters. The maximum atomic E-state index is 13.2. The summed E-state index contributed by atoms with van der Waals surface area (Å²) >= 11 is 0. The lowest BCUT2D eigenvalue weighted by molar-refractivity contribution is -0.114. The molecule has 8 heteroatoms. The molecule has 2 heterocycles. The minimum atomic E-state index is -0.0919. The van der Waals surface area contributed by atoms with E-state index in [0.717, 1.165) is 60.7 Å². The van der Waals surface area contributed by atoms with Gasteiger partial charge in [-0.1, -0.05) is 24.3 Å². The van der Waals surface area contributed by atoms with E-state index < -0.39 is 0 Å². The first-order valence-electron chi connectivity index (χ1n) is 12.8. The molecule has 0 aliphatic carbocycles. The lowest BCUT2D eigenvalue weighted by Crippen LogP contribution is -2.44. The summed E-state index contributed by atoms with van der Waals surface area (Å²) in [5.41, 5.74) is 11.2. The van der Waals surface area contributed by atoms with Crippen LogP contribution in [-0.4, -0.2) is 72.9 Å². The molecule has 3 aromatic rings. The van der Waals surface area contributed by atoms with Crippen molar-refractivity contribution in [1.29, 1.82) is 0 Å². The summed E-state index contributed by atoms with van der Waals surface area (Å²) in [5.74, 6) is -0.151. The fourth-order valence-corrected chi connectivity index (χ4v) is 4.60. The third kappa shape index (κ3) is 6.93. The van der Waals surface area contributed by atoms with Gasteiger partial charge in [-0.2, -0.15) is 0 Å². The van der Waals surface area contributed by atoms with Crippen molar-refractivity contribution in [1.82, 2.24) is 14.8 Å². The number of carbonyl (C=O) groups excluding carboxylic acids is 2. The van der Waals surface area contributed by atoms with Gasteiger partial charge < -0.3 is 25.8 Å². The van der Waals surface area contributed by atoms with Gasteiger partial charge in [0.2, 0.25) is 5.91 Å². The highest BCUT2D eigenvalue weighted by Crippen LogP contribution is 2.33. The summed E-state index contributed by atoms with van der Waals surface area (Å²) in [6, 6.07) is 18.0. The number of anilines is 2. The van der Waals surface area contributed by atoms with E-state index in [1.807, 2.05) is 23.1 Å². The zero-order valence-electron chi connectivity index (χ0n) is 21.7. The molecule has 1 aromatic heterocycles. The lowest BCUT2D eigenvalue weighted by atomic mass is 10.0. The number of nitrogens with two attached hydrogens (primary N) is 1. The number of likely N-dealkylation sites (N-methyl/N-ethyl adjacent to an activating group) is 1. The number of piperazine rings is 1. The Morgan fingerprint density at radius 1 is 1.03 bits per heavy atom. The van der Waals surface area contributed by atoms with Crippen LogP contribution >= 0.6 is 0 Å². The molecule has 2 aromatic carbocycles. The standard InChI is InChI=1S/C29H36N6O2/c1-22(36)32-27-19-25(9-10-28(27)34-16-14-33(2)15-17-34)24-7-3-6-23(18-24)21-35(13-5-11-30)29(37)26-8-4-12-31-20-26/h3-4,6-10,12,18-20H,5,11,13-17,21,30H2,1-2H3,(H,32,36). The van der Waals surface area contributed by atoms with E-state index in [0.29, 0.717) is 25.2 Å². The average Bonchev–Trinajstić information content (AvgIpc) is 2.91. The van der Waals surface area contributed by atoms with Crippen molar-refractivity contribution >= 4 is 23.2 Å². The van der Waals surface area contributed by atoms with Crippen molar-refractivity contribution in [2.45, 2.75) is 19.9 Å². The van der Waals surface area contributed by atoms with Crippen LogP contribution in [0.1, 0.15) is 29.3 Å². The summed E-state index contributed by atoms with van der Waals surface area (Å²) in [4.78, 5) is 35.7. The van der Waals surface area contributed by atoms with Gasteiger partial charge in [0.25, 0.3) is 5.91 Å². The van der Waals surface area contributed by atoms with Crippen molar-refractivity contribution in [3.05, 3.63) is 78.1 Å². The highest BCUT2D eigenvalue weighted by Gasteiger charge is 2.19. The van der Waals surface area contributed by atoms with Gasteiger partial charge in [-0.3, -0.25) is 14.6 Å². The molecule has 194 valence electrons. The summed E-state index contributed by atoms with van der Waals surface area (Å²) in [5, 5.41) is 3.03. The summed E-state index contributed by atoms with van der Waals surface area (Å²) in [6.07, 6.45) is 3.98. The maximum Gasteiger partial charge on any atom is 0.255 e. The van der Waals surface area contributed by atoms with Gasteiger partial charge in [0.15, 0.2) is 0 Å². The number of amides is 2. The molecule has 1 aliphatic heterocycles. The molecule has 1 saturated heterocycles. The van der Waals surface area contributed by atoms with Crippen LogP contribution in [0.15, 0.2) is 67.0 Å². The summed E-state index contributed by atoms with van der Waals surface area (Å²) in [6.45, 7) is 6.91. The zero-order valence-corrected chi connectivity index (χ0v) is 21.7. The predicted molar refractivity (Wildman–Crippen MR) is 149 cm³/mol. The smallest absolute Gasteiger partial charge is 0.255 e. The maximum absolute atomic E-state index is 13.2. The first kappa shape index (κ1) is 26.3. The van der Waals surface area contributed by atoms with Crippen LogP contribution in [0.5, 0.6) is 0 Å². The van der Waals surface area contributed by atoms with Crippen LogP contribution in [0.3, 0.4) is 0 Å². The number of nitrogens with one attached hydrogen (secondary N) is 1. The van der Waals surface area contributed by atoms with E-state index in [9.17, 15) is 9.59 Å². The van der Waals surface area contributed by atoms with Gasteiger partial charge >= 0.3 is 0 Å². The lowest BCUT2D eigenvalue weighted by Gasteiger charge is -2.35. The van der Waals surface area contributed by atoms with Gasteiger partial charge in [-0.15, -0.1) is 0 Å². The quantitative estimate of drug-likeness (QED) is 0.467. The topological polar surface area (TPSA) is 94.8 Å². The van der Waals surface area contributed by atoms with Crippen LogP contribution in [0.25, 0.3) is 11.1 Å². The van der Waals surface area contributed by atoms with Crippen molar-refractivity contribution in [2.24, 2.45) is 5.73 Å². The number of rotatable bonds is 9. The fourth-order valence-electron chi connectivity index (χ4n) is 4.60. The Morgan fingerprint density at radius 2 is 1.81 bits per heavy atom. The average molecular weight is 501 g/mol. The number of pyridine rings is 1. The van der Waals surface area contributed by atoms with Crippen molar-refractivity contribution in [2.75, 3.05) is 56.5 Å². The van der Waals surface area contributed by atoms with Crippen LogP contribution in [0.4, 0.5) is 11.4 Å². The van der Waals surface area contributed by atoms with Crippen LogP contribution in [-0.2, 0) is 11.3 Å². The summed E-state index contributed by atoms with van der Waals surface area (Å²) in [7, 11) is 2.13. The number of benzene rings is 2.